The van der Waals surface area contributed by atoms with Gasteiger partial charge in [-0.05, 0) is 42.8 Å². The number of benzene rings is 2. The standard InChI is InChI=1S/C17H13BrF2N2O2/c1-17(11-2-5-13(19)6-3-11)15(23)22(16(24)21-17)9-10-8-12(18)4-7-14(10)20/h2-8H,9H2,1H3,(H,21,24). The van der Waals surface area contributed by atoms with Crippen LogP contribution in [0.4, 0.5) is 13.6 Å². The molecule has 1 aliphatic heterocycles. The number of imide groups is 1. The van der Waals surface area contributed by atoms with Crippen molar-refractivity contribution in [1.29, 1.82) is 0 Å². The van der Waals surface area contributed by atoms with Crippen LogP contribution in [0.3, 0.4) is 0 Å². The van der Waals surface area contributed by atoms with Crippen LogP contribution in [0.2, 0.25) is 0 Å². The summed E-state index contributed by atoms with van der Waals surface area (Å²) in [7, 11) is 0. The van der Waals surface area contributed by atoms with E-state index in [2.05, 4.69) is 21.2 Å². The number of hydrogen-bond acceptors (Lipinski definition) is 2. The van der Waals surface area contributed by atoms with Crippen LogP contribution in [-0.2, 0) is 16.9 Å². The monoisotopic (exact) mass is 394 g/mol. The van der Waals surface area contributed by atoms with Crippen LogP contribution in [0, 0.1) is 11.6 Å². The van der Waals surface area contributed by atoms with Gasteiger partial charge in [-0.25, -0.2) is 13.6 Å². The SMILES string of the molecule is CC1(c2ccc(F)cc2)NC(=O)N(Cc2cc(Br)ccc2F)C1=O. The maximum Gasteiger partial charge on any atom is 0.325 e. The molecule has 3 amide bonds. The topological polar surface area (TPSA) is 49.4 Å². The predicted molar refractivity (Wildman–Crippen MR) is 86.9 cm³/mol. The third kappa shape index (κ3) is 2.80. The third-order valence-electron chi connectivity index (χ3n) is 4.03. The molecule has 1 unspecified atom stereocenters. The molecule has 3 rings (SSSR count). The number of carbonyl (C=O) groups is 2. The van der Waals surface area contributed by atoms with Gasteiger partial charge in [0.05, 0.1) is 6.54 Å². The molecule has 1 atom stereocenters. The lowest BCUT2D eigenvalue weighted by atomic mass is 9.92. The van der Waals surface area contributed by atoms with Crippen molar-refractivity contribution in [1.82, 2.24) is 10.2 Å². The van der Waals surface area contributed by atoms with Crippen molar-refractivity contribution in [3.05, 3.63) is 69.7 Å². The van der Waals surface area contributed by atoms with Crippen molar-refractivity contribution in [3.63, 3.8) is 0 Å². The van der Waals surface area contributed by atoms with Gasteiger partial charge in [-0.3, -0.25) is 9.69 Å². The highest BCUT2D eigenvalue weighted by Gasteiger charge is 2.49. The molecule has 7 heteroatoms. The lowest BCUT2D eigenvalue weighted by Crippen LogP contribution is -2.40. The molecule has 0 bridgehead atoms. The molecule has 1 aliphatic rings. The van der Waals surface area contributed by atoms with Crippen LogP contribution in [-0.4, -0.2) is 16.8 Å². The predicted octanol–water partition coefficient (Wildman–Crippen LogP) is 3.69. The number of rotatable bonds is 3. The smallest absolute Gasteiger partial charge is 0.319 e. The van der Waals surface area contributed by atoms with Gasteiger partial charge in [-0.2, -0.15) is 0 Å². The van der Waals surface area contributed by atoms with Gasteiger partial charge in [-0.1, -0.05) is 28.1 Å². The summed E-state index contributed by atoms with van der Waals surface area (Å²) in [4.78, 5) is 25.9. The van der Waals surface area contributed by atoms with Crippen LogP contribution in [0.5, 0.6) is 0 Å². The Morgan fingerprint density at radius 3 is 2.46 bits per heavy atom. The van der Waals surface area contributed by atoms with Crippen LogP contribution < -0.4 is 5.32 Å². The fraction of sp³-hybridized carbons (Fsp3) is 0.176. The highest BCUT2D eigenvalue weighted by molar-refractivity contribution is 9.10. The van der Waals surface area contributed by atoms with E-state index in [4.69, 9.17) is 0 Å². The van der Waals surface area contributed by atoms with Crippen molar-refractivity contribution >= 4 is 27.9 Å². The number of hydrogen-bond donors (Lipinski definition) is 1. The summed E-state index contributed by atoms with van der Waals surface area (Å²) < 4.78 is 27.6. The average Bonchev–Trinajstić information content (AvgIpc) is 2.75. The molecule has 1 saturated heterocycles. The van der Waals surface area contributed by atoms with E-state index in [1.54, 1.807) is 0 Å². The molecule has 1 heterocycles. The van der Waals surface area contributed by atoms with Gasteiger partial charge in [0.2, 0.25) is 0 Å². The van der Waals surface area contributed by atoms with Crippen molar-refractivity contribution < 1.29 is 18.4 Å². The first-order valence-corrected chi connectivity index (χ1v) is 7.94. The molecule has 124 valence electrons. The number of amides is 3. The number of nitrogens with zero attached hydrogens (tertiary/aromatic N) is 1. The summed E-state index contributed by atoms with van der Waals surface area (Å²) in [5.74, 6) is -1.46. The summed E-state index contributed by atoms with van der Waals surface area (Å²) in [6.45, 7) is 1.35. The van der Waals surface area contributed by atoms with Crippen LogP contribution in [0.1, 0.15) is 18.1 Å². The van der Waals surface area contributed by atoms with E-state index >= 15 is 0 Å². The zero-order valence-corrected chi connectivity index (χ0v) is 14.2. The van der Waals surface area contributed by atoms with E-state index in [-0.39, 0.29) is 12.1 Å². The molecule has 0 aliphatic carbocycles. The molecule has 2 aromatic carbocycles. The molecule has 0 saturated carbocycles. The molecule has 2 aromatic rings. The first-order chi connectivity index (χ1) is 11.3. The van der Waals surface area contributed by atoms with E-state index < -0.39 is 29.1 Å². The lowest BCUT2D eigenvalue weighted by Gasteiger charge is -2.22. The van der Waals surface area contributed by atoms with Gasteiger partial charge >= 0.3 is 6.03 Å². The summed E-state index contributed by atoms with van der Waals surface area (Å²) in [6, 6.07) is 9.01. The molecule has 1 N–H and O–H groups in total. The number of carbonyl (C=O) groups excluding carboxylic acids is 2. The van der Waals surface area contributed by atoms with Crippen LogP contribution in [0.15, 0.2) is 46.9 Å². The molecular weight excluding hydrogens is 382 g/mol. The van der Waals surface area contributed by atoms with E-state index in [9.17, 15) is 18.4 Å². The largest absolute Gasteiger partial charge is 0.325 e. The Kier molecular flexibility index (Phi) is 4.13. The van der Waals surface area contributed by atoms with Crippen molar-refractivity contribution in [2.75, 3.05) is 0 Å². The number of urea groups is 1. The van der Waals surface area contributed by atoms with Gasteiger partial charge in [0.25, 0.3) is 5.91 Å². The molecule has 24 heavy (non-hydrogen) atoms. The van der Waals surface area contributed by atoms with Crippen molar-refractivity contribution in [3.8, 4) is 0 Å². The first kappa shape index (κ1) is 16.6. The molecule has 0 aromatic heterocycles. The minimum absolute atomic E-state index is 0.188. The van der Waals surface area contributed by atoms with Crippen LogP contribution in [0.25, 0.3) is 0 Å². The van der Waals surface area contributed by atoms with Gasteiger partial charge in [0, 0.05) is 10.0 Å². The quantitative estimate of drug-likeness (QED) is 0.806. The fourth-order valence-electron chi connectivity index (χ4n) is 2.65. The second-order valence-electron chi connectivity index (χ2n) is 5.69. The Morgan fingerprint density at radius 2 is 1.79 bits per heavy atom. The lowest BCUT2D eigenvalue weighted by molar-refractivity contribution is -0.131. The van der Waals surface area contributed by atoms with E-state index in [1.165, 1.54) is 49.4 Å². The van der Waals surface area contributed by atoms with Crippen molar-refractivity contribution in [2.45, 2.75) is 19.0 Å². The summed E-state index contributed by atoms with van der Waals surface area (Å²) in [6.07, 6.45) is 0. The van der Waals surface area contributed by atoms with Crippen LogP contribution >= 0.6 is 15.9 Å². The van der Waals surface area contributed by atoms with Gasteiger partial charge in [0.1, 0.15) is 17.2 Å². The fourth-order valence-corrected chi connectivity index (χ4v) is 3.06. The number of halogens is 3. The summed E-state index contributed by atoms with van der Waals surface area (Å²) >= 11 is 3.24. The average molecular weight is 395 g/mol. The second-order valence-corrected chi connectivity index (χ2v) is 6.60. The zero-order valence-electron chi connectivity index (χ0n) is 12.6. The molecule has 0 spiro atoms. The molecule has 4 nitrogen and oxygen atoms in total. The van der Waals surface area contributed by atoms with Gasteiger partial charge < -0.3 is 5.32 Å². The Labute approximate surface area is 145 Å². The molecular formula is C17H13BrF2N2O2. The molecule has 1 fully saturated rings. The maximum absolute atomic E-state index is 13.9. The Morgan fingerprint density at radius 1 is 1.12 bits per heavy atom. The highest BCUT2D eigenvalue weighted by Crippen LogP contribution is 2.30. The molecule has 0 radical (unpaired) electrons. The second kappa shape index (κ2) is 5.98. The van der Waals surface area contributed by atoms with Crippen molar-refractivity contribution in [2.24, 2.45) is 0 Å². The summed E-state index contributed by atoms with van der Waals surface area (Å²) in [5.41, 5.74) is -0.636. The zero-order chi connectivity index (χ0) is 17.5. The minimum atomic E-state index is -1.31. The normalized spacial score (nSPS) is 20.4. The minimum Gasteiger partial charge on any atom is -0.319 e. The highest BCUT2D eigenvalue weighted by atomic mass is 79.9. The number of nitrogens with one attached hydrogen (secondary N) is 1. The van der Waals surface area contributed by atoms with E-state index in [0.29, 0.717) is 10.0 Å². The van der Waals surface area contributed by atoms with E-state index in [0.717, 1.165) is 4.90 Å². The maximum atomic E-state index is 13.9. The Hall–Kier alpha value is -2.28. The van der Waals surface area contributed by atoms with Gasteiger partial charge in [0.15, 0.2) is 0 Å². The Balaban J connectivity index is 1.91. The third-order valence-corrected chi connectivity index (χ3v) is 4.53. The Bertz CT molecular complexity index is 826. The van der Waals surface area contributed by atoms with Gasteiger partial charge in [-0.15, -0.1) is 0 Å². The summed E-state index contributed by atoms with van der Waals surface area (Å²) in [5, 5.41) is 2.60. The first-order valence-electron chi connectivity index (χ1n) is 7.15. The van der Waals surface area contributed by atoms with E-state index in [1.807, 2.05) is 0 Å².